The summed E-state index contributed by atoms with van der Waals surface area (Å²) in [5.74, 6) is 0.596. The Hall–Kier alpha value is -2.47. The Kier molecular flexibility index (Phi) is 3.08. The smallest absolute Gasteiger partial charge is 0.262 e. The normalized spacial score (nSPS) is 11.1. The molecule has 0 saturated heterocycles. The van der Waals surface area contributed by atoms with Crippen LogP contribution in [0.3, 0.4) is 0 Å². The van der Waals surface area contributed by atoms with E-state index in [4.69, 9.17) is 10.3 Å². The molecule has 0 spiro atoms. The van der Waals surface area contributed by atoms with Crippen LogP contribution in [-0.4, -0.2) is 14.7 Å². The lowest BCUT2D eigenvalue weighted by Gasteiger charge is -2.09. The van der Waals surface area contributed by atoms with Gasteiger partial charge in [-0.15, -0.1) is 0 Å². The molecular formula is C14H14N4O2. The van der Waals surface area contributed by atoms with E-state index in [1.54, 1.807) is 10.6 Å². The van der Waals surface area contributed by atoms with E-state index in [1.165, 1.54) is 0 Å². The average molecular weight is 270 g/mol. The molecule has 0 aliphatic rings. The fourth-order valence-electron chi connectivity index (χ4n) is 2.25. The van der Waals surface area contributed by atoms with Gasteiger partial charge in [0.1, 0.15) is 0 Å². The first-order valence-corrected chi connectivity index (χ1v) is 6.40. The van der Waals surface area contributed by atoms with Crippen LogP contribution in [0.2, 0.25) is 0 Å². The first-order valence-electron chi connectivity index (χ1n) is 6.40. The number of para-hydroxylation sites is 1. The van der Waals surface area contributed by atoms with Gasteiger partial charge in [0.25, 0.3) is 5.56 Å². The molecule has 0 fully saturated rings. The lowest BCUT2D eigenvalue weighted by molar-refractivity contribution is 0.380. The molecule has 3 aromatic rings. The zero-order chi connectivity index (χ0) is 14.1. The van der Waals surface area contributed by atoms with Gasteiger partial charge in [-0.1, -0.05) is 23.4 Å². The third-order valence-electron chi connectivity index (χ3n) is 3.20. The SMILES string of the molecule is CCn1c(=O)c(-c2noc(CN)n2)cc2ccccc21. The van der Waals surface area contributed by atoms with Crippen LogP contribution in [-0.2, 0) is 13.1 Å². The maximum Gasteiger partial charge on any atom is 0.262 e. The van der Waals surface area contributed by atoms with Crippen molar-refractivity contribution in [3.8, 4) is 11.4 Å². The highest BCUT2D eigenvalue weighted by molar-refractivity contribution is 5.83. The predicted molar refractivity (Wildman–Crippen MR) is 75.1 cm³/mol. The minimum atomic E-state index is -0.129. The molecule has 3 rings (SSSR count). The Morgan fingerprint density at radius 2 is 2.15 bits per heavy atom. The van der Waals surface area contributed by atoms with Gasteiger partial charge in [0, 0.05) is 6.54 Å². The number of nitrogens with zero attached hydrogens (tertiary/aromatic N) is 3. The quantitative estimate of drug-likeness (QED) is 0.779. The summed E-state index contributed by atoms with van der Waals surface area (Å²) in [7, 11) is 0. The summed E-state index contributed by atoms with van der Waals surface area (Å²) >= 11 is 0. The maximum absolute atomic E-state index is 12.5. The molecule has 0 radical (unpaired) electrons. The van der Waals surface area contributed by atoms with Crippen LogP contribution in [0, 0.1) is 0 Å². The fraction of sp³-hybridized carbons (Fsp3) is 0.214. The van der Waals surface area contributed by atoms with Crippen molar-refractivity contribution in [2.45, 2.75) is 20.0 Å². The van der Waals surface area contributed by atoms with E-state index in [0.717, 1.165) is 10.9 Å². The summed E-state index contributed by atoms with van der Waals surface area (Å²) in [4.78, 5) is 16.6. The summed E-state index contributed by atoms with van der Waals surface area (Å²) in [6, 6.07) is 9.50. The second kappa shape index (κ2) is 4.90. The number of nitrogens with two attached hydrogens (primary N) is 1. The second-order valence-electron chi connectivity index (χ2n) is 4.38. The summed E-state index contributed by atoms with van der Waals surface area (Å²) in [5.41, 5.74) is 6.64. The minimum Gasteiger partial charge on any atom is -0.338 e. The molecule has 0 aliphatic heterocycles. The monoisotopic (exact) mass is 270 g/mol. The van der Waals surface area contributed by atoms with E-state index in [-0.39, 0.29) is 17.9 Å². The largest absolute Gasteiger partial charge is 0.338 e. The van der Waals surface area contributed by atoms with Crippen molar-refractivity contribution in [2.75, 3.05) is 0 Å². The van der Waals surface area contributed by atoms with Gasteiger partial charge in [-0.3, -0.25) is 4.79 Å². The van der Waals surface area contributed by atoms with Crippen LogP contribution in [0.1, 0.15) is 12.8 Å². The van der Waals surface area contributed by atoms with Crippen LogP contribution in [0.25, 0.3) is 22.3 Å². The molecule has 0 bridgehead atoms. The van der Waals surface area contributed by atoms with Crippen molar-refractivity contribution in [1.29, 1.82) is 0 Å². The minimum absolute atomic E-state index is 0.129. The summed E-state index contributed by atoms with van der Waals surface area (Å²) in [5, 5.41) is 4.78. The van der Waals surface area contributed by atoms with Gasteiger partial charge in [0.05, 0.1) is 17.6 Å². The molecular weight excluding hydrogens is 256 g/mol. The highest BCUT2D eigenvalue weighted by atomic mass is 16.5. The predicted octanol–water partition coefficient (Wildman–Crippen LogP) is 1.53. The summed E-state index contributed by atoms with van der Waals surface area (Å²) in [6.07, 6.45) is 0. The molecule has 0 unspecified atom stereocenters. The van der Waals surface area contributed by atoms with Crippen LogP contribution < -0.4 is 11.3 Å². The van der Waals surface area contributed by atoms with Crippen LogP contribution in [0.15, 0.2) is 39.6 Å². The molecule has 102 valence electrons. The number of pyridine rings is 1. The van der Waals surface area contributed by atoms with Crippen LogP contribution in [0.5, 0.6) is 0 Å². The molecule has 6 heteroatoms. The van der Waals surface area contributed by atoms with E-state index in [0.29, 0.717) is 18.0 Å². The third-order valence-corrected chi connectivity index (χ3v) is 3.20. The molecule has 2 N–H and O–H groups in total. The van der Waals surface area contributed by atoms with Gasteiger partial charge in [0.15, 0.2) is 0 Å². The molecule has 20 heavy (non-hydrogen) atoms. The number of benzene rings is 1. The maximum atomic E-state index is 12.5. The Balaban J connectivity index is 2.31. The van der Waals surface area contributed by atoms with Gasteiger partial charge in [-0.25, -0.2) is 0 Å². The summed E-state index contributed by atoms with van der Waals surface area (Å²) in [6.45, 7) is 2.66. The zero-order valence-electron chi connectivity index (χ0n) is 11.0. The van der Waals surface area contributed by atoms with Crippen molar-refractivity contribution >= 4 is 10.9 Å². The Morgan fingerprint density at radius 1 is 1.35 bits per heavy atom. The molecule has 6 nitrogen and oxygen atoms in total. The third kappa shape index (κ3) is 1.90. The highest BCUT2D eigenvalue weighted by Gasteiger charge is 2.15. The molecule has 0 saturated carbocycles. The number of hydrogen-bond donors (Lipinski definition) is 1. The molecule has 0 atom stereocenters. The van der Waals surface area contributed by atoms with Crippen molar-refractivity contribution in [3.63, 3.8) is 0 Å². The first kappa shape index (κ1) is 12.6. The molecule has 0 aliphatic carbocycles. The molecule has 2 heterocycles. The lowest BCUT2D eigenvalue weighted by atomic mass is 10.1. The highest BCUT2D eigenvalue weighted by Crippen LogP contribution is 2.19. The van der Waals surface area contributed by atoms with E-state index >= 15 is 0 Å². The average Bonchev–Trinajstić information content (AvgIpc) is 2.95. The molecule has 2 aromatic heterocycles. The van der Waals surface area contributed by atoms with Crippen LogP contribution >= 0.6 is 0 Å². The second-order valence-corrected chi connectivity index (χ2v) is 4.38. The Bertz CT molecular complexity index is 819. The zero-order valence-corrected chi connectivity index (χ0v) is 11.0. The number of rotatable bonds is 3. The number of fused-ring (bicyclic) bond motifs is 1. The van der Waals surface area contributed by atoms with E-state index in [2.05, 4.69) is 10.1 Å². The lowest BCUT2D eigenvalue weighted by Crippen LogP contribution is -2.21. The van der Waals surface area contributed by atoms with E-state index in [9.17, 15) is 4.79 Å². The van der Waals surface area contributed by atoms with Gasteiger partial charge in [0.2, 0.25) is 11.7 Å². The summed E-state index contributed by atoms with van der Waals surface area (Å²) < 4.78 is 6.67. The van der Waals surface area contributed by atoms with Gasteiger partial charge in [-0.05, 0) is 24.4 Å². The Morgan fingerprint density at radius 3 is 2.85 bits per heavy atom. The topological polar surface area (TPSA) is 86.9 Å². The molecule has 1 aromatic carbocycles. The van der Waals surface area contributed by atoms with Gasteiger partial charge >= 0.3 is 0 Å². The van der Waals surface area contributed by atoms with Gasteiger partial charge < -0.3 is 14.8 Å². The van der Waals surface area contributed by atoms with E-state index < -0.39 is 0 Å². The number of aromatic nitrogens is 3. The Labute approximate surface area is 114 Å². The van der Waals surface area contributed by atoms with E-state index in [1.807, 2.05) is 31.2 Å². The number of aryl methyl sites for hydroxylation is 1. The fourth-order valence-corrected chi connectivity index (χ4v) is 2.25. The van der Waals surface area contributed by atoms with Crippen molar-refractivity contribution in [1.82, 2.24) is 14.7 Å². The van der Waals surface area contributed by atoms with Crippen LogP contribution in [0.4, 0.5) is 0 Å². The van der Waals surface area contributed by atoms with Crippen molar-refractivity contribution in [3.05, 3.63) is 46.6 Å². The van der Waals surface area contributed by atoms with Gasteiger partial charge in [-0.2, -0.15) is 4.98 Å². The van der Waals surface area contributed by atoms with Crippen molar-refractivity contribution < 1.29 is 4.52 Å². The van der Waals surface area contributed by atoms with Crippen molar-refractivity contribution in [2.24, 2.45) is 5.73 Å². The molecule has 0 amide bonds. The number of hydrogen-bond acceptors (Lipinski definition) is 5. The standard InChI is InChI=1S/C14H14N4O2/c1-2-18-11-6-4-3-5-9(11)7-10(14(18)19)13-16-12(8-15)20-17-13/h3-7H,2,8,15H2,1H3. The first-order chi connectivity index (χ1) is 9.74.